The molecule has 0 N–H and O–H groups in total. The Hall–Kier alpha value is -1.56. The number of aromatic nitrogens is 3. The Balaban J connectivity index is 2.68. The van der Waals surface area contributed by atoms with E-state index in [9.17, 15) is 13.2 Å². The zero-order valence-electron chi connectivity index (χ0n) is 7.09. The van der Waals surface area contributed by atoms with Gasteiger partial charge in [-0.2, -0.15) is 0 Å². The van der Waals surface area contributed by atoms with Gasteiger partial charge in [0.1, 0.15) is 12.1 Å². The quantitative estimate of drug-likeness (QED) is 0.708. The molecule has 1 aromatic carbocycles. The van der Waals surface area contributed by atoms with Crippen LogP contribution in [0, 0.1) is 17.5 Å². The molecule has 0 aliphatic rings. The number of hydrogen-bond acceptors (Lipinski definition) is 2. The van der Waals surface area contributed by atoms with E-state index in [-0.39, 0.29) is 11.0 Å². The van der Waals surface area contributed by atoms with E-state index in [1.807, 2.05) is 0 Å². The van der Waals surface area contributed by atoms with E-state index >= 15 is 0 Å². The fraction of sp³-hybridized carbons (Fsp3) is 0. The number of nitrogens with zero attached hydrogens (tertiary/aromatic N) is 3. The smallest absolute Gasteiger partial charge is 0.229 e. The van der Waals surface area contributed by atoms with E-state index in [0.717, 1.165) is 17.0 Å². The number of halogens is 4. The van der Waals surface area contributed by atoms with Gasteiger partial charge in [0.25, 0.3) is 0 Å². The summed E-state index contributed by atoms with van der Waals surface area (Å²) in [6.45, 7) is 0. The van der Waals surface area contributed by atoms with Crippen LogP contribution in [0.2, 0.25) is 5.28 Å². The van der Waals surface area contributed by atoms with Crippen molar-refractivity contribution in [3.05, 3.63) is 41.2 Å². The van der Waals surface area contributed by atoms with Crippen LogP contribution in [0.4, 0.5) is 13.2 Å². The SMILES string of the molecule is Fc1cc(F)c(F)c(-n2cnnc2Cl)c1. The molecule has 2 rings (SSSR count). The largest absolute Gasteiger partial charge is 0.269 e. The summed E-state index contributed by atoms with van der Waals surface area (Å²) in [5.74, 6) is -3.42. The summed E-state index contributed by atoms with van der Waals surface area (Å²) in [7, 11) is 0. The zero-order chi connectivity index (χ0) is 11.0. The minimum absolute atomic E-state index is 0.182. The molecule has 7 heteroatoms. The molecule has 0 fully saturated rings. The lowest BCUT2D eigenvalue weighted by Gasteiger charge is -2.04. The van der Waals surface area contributed by atoms with Crippen molar-refractivity contribution < 1.29 is 13.2 Å². The van der Waals surface area contributed by atoms with Crippen molar-refractivity contribution in [2.75, 3.05) is 0 Å². The number of benzene rings is 1. The normalized spacial score (nSPS) is 10.7. The molecule has 15 heavy (non-hydrogen) atoms. The average molecular weight is 234 g/mol. The summed E-state index contributed by atoms with van der Waals surface area (Å²) in [6, 6.07) is 1.24. The summed E-state index contributed by atoms with van der Waals surface area (Å²) in [5.41, 5.74) is -0.373. The first-order chi connectivity index (χ1) is 7.09. The van der Waals surface area contributed by atoms with Gasteiger partial charge in [-0.3, -0.25) is 4.57 Å². The van der Waals surface area contributed by atoms with E-state index in [4.69, 9.17) is 11.6 Å². The molecule has 0 saturated carbocycles. The minimum atomic E-state index is -1.30. The monoisotopic (exact) mass is 233 g/mol. The van der Waals surface area contributed by atoms with Gasteiger partial charge in [-0.05, 0) is 11.6 Å². The molecule has 0 radical (unpaired) electrons. The van der Waals surface area contributed by atoms with Gasteiger partial charge >= 0.3 is 0 Å². The molecule has 0 unspecified atom stereocenters. The molecule has 0 saturated heterocycles. The predicted molar refractivity (Wildman–Crippen MR) is 46.2 cm³/mol. The van der Waals surface area contributed by atoms with Crippen LogP contribution >= 0.6 is 11.6 Å². The fourth-order valence-corrected chi connectivity index (χ4v) is 1.28. The van der Waals surface area contributed by atoms with Crippen LogP contribution in [0.15, 0.2) is 18.5 Å². The van der Waals surface area contributed by atoms with Crippen LogP contribution in [-0.2, 0) is 0 Å². The summed E-state index contributed by atoms with van der Waals surface area (Å²) in [6.07, 6.45) is 1.06. The van der Waals surface area contributed by atoms with Gasteiger partial charge < -0.3 is 0 Å². The third kappa shape index (κ3) is 1.68. The highest BCUT2D eigenvalue weighted by Gasteiger charge is 2.14. The van der Waals surface area contributed by atoms with Gasteiger partial charge in [-0.25, -0.2) is 13.2 Å². The summed E-state index contributed by atoms with van der Waals surface area (Å²) in [4.78, 5) is 0. The topological polar surface area (TPSA) is 30.7 Å². The Labute approximate surface area is 87.1 Å². The highest BCUT2D eigenvalue weighted by molar-refractivity contribution is 6.28. The fourth-order valence-electron chi connectivity index (χ4n) is 1.10. The predicted octanol–water partition coefficient (Wildman–Crippen LogP) is 2.34. The Bertz CT molecular complexity index is 512. The standard InChI is InChI=1S/C8H3ClF3N3/c9-8-14-13-3-15(8)6-2-4(10)1-5(11)7(6)12/h1-3H. The number of hydrogen-bond donors (Lipinski definition) is 0. The van der Waals surface area contributed by atoms with Gasteiger partial charge in [-0.1, -0.05) is 0 Å². The molecule has 0 amide bonds. The lowest BCUT2D eigenvalue weighted by Crippen LogP contribution is -2.00. The van der Waals surface area contributed by atoms with Crippen molar-refractivity contribution in [1.82, 2.24) is 14.8 Å². The highest BCUT2D eigenvalue weighted by atomic mass is 35.5. The molecule has 1 aromatic heterocycles. The lowest BCUT2D eigenvalue weighted by atomic mass is 10.3. The highest BCUT2D eigenvalue weighted by Crippen LogP contribution is 2.20. The molecular formula is C8H3ClF3N3. The number of rotatable bonds is 1. The van der Waals surface area contributed by atoms with E-state index in [0.29, 0.717) is 6.07 Å². The second kappa shape index (κ2) is 3.54. The lowest BCUT2D eigenvalue weighted by molar-refractivity contribution is 0.490. The Morgan fingerprint density at radius 1 is 1.20 bits per heavy atom. The van der Waals surface area contributed by atoms with Crippen molar-refractivity contribution in [3.8, 4) is 5.69 Å². The first-order valence-electron chi connectivity index (χ1n) is 3.80. The van der Waals surface area contributed by atoms with Crippen LogP contribution in [0.5, 0.6) is 0 Å². The van der Waals surface area contributed by atoms with Gasteiger partial charge in [-0.15, -0.1) is 10.2 Å². The maximum Gasteiger partial charge on any atom is 0.229 e. The Morgan fingerprint density at radius 2 is 1.93 bits per heavy atom. The Kier molecular flexibility index (Phi) is 2.36. The van der Waals surface area contributed by atoms with Gasteiger partial charge in [0.15, 0.2) is 11.6 Å². The molecule has 0 bridgehead atoms. The molecular weight excluding hydrogens is 231 g/mol. The van der Waals surface area contributed by atoms with Crippen LogP contribution in [0.3, 0.4) is 0 Å². The first kappa shape index (κ1) is 9.97. The molecule has 0 atom stereocenters. The zero-order valence-corrected chi connectivity index (χ0v) is 7.84. The molecule has 0 aliphatic carbocycles. The van der Waals surface area contributed by atoms with Crippen molar-refractivity contribution >= 4 is 11.6 Å². The van der Waals surface area contributed by atoms with Crippen LogP contribution in [-0.4, -0.2) is 14.8 Å². The molecule has 2 aromatic rings. The second-order valence-corrected chi connectivity index (χ2v) is 3.03. The van der Waals surface area contributed by atoms with Crippen LogP contribution in [0.1, 0.15) is 0 Å². The van der Waals surface area contributed by atoms with Crippen LogP contribution in [0.25, 0.3) is 5.69 Å². The van der Waals surface area contributed by atoms with E-state index in [2.05, 4.69) is 10.2 Å². The van der Waals surface area contributed by atoms with Crippen molar-refractivity contribution in [1.29, 1.82) is 0 Å². The van der Waals surface area contributed by atoms with Crippen LogP contribution < -0.4 is 0 Å². The summed E-state index contributed by atoms with van der Waals surface area (Å²) >= 11 is 5.53. The summed E-state index contributed by atoms with van der Waals surface area (Å²) in [5, 5.41) is 6.55. The minimum Gasteiger partial charge on any atom is -0.269 e. The van der Waals surface area contributed by atoms with E-state index in [1.54, 1.807) is 0 Å². The average Bonchev–Trinajstić information content (AvgIpc) is 2.58. The maximum absolute atomic E-state index is 13.2. The second-order valence-electron chi connectivity index (χ2n) is 2.69. The third-order valence-corrected chi connectivity index (χ3v) is 2.00. The van der Waals surface area contributed by atoms with Gasteiger partial charge in [0, 0.05) is 12.1 Å². The first-order valence-corrected chi connectivity index (χ1v) is 4.18. The summed E-state index contributed by atoms with van der Waals surface area (Å²) < 4.78 is 39.9. The van der Waals surface area contributed by atoms with Crippen molar-refractivity contribution in [2.45, 2.75) is 0 Å². The van der Waals surface area contributed by atoms with Crippen molar-refractivity contribution in [3.63, 3.8) is 0 Å². The third-order valence-electron chi connectivity index (χ3n) is 1.74. The van der Waals surface area contributed by atoms with Crippen molar-refractivity contribution in [2.24, 2.45) is 0 Å². The van der Waals surface area contributed by atoms with Gasteiger partial charge in [0.2, 0.25) is 5.28 Å². The van der Waals surface area contributed by atoms with E-state index in [1.165, 1.54) is 0 Å². The molecule has 1 heterocycles. The molecule has 3 nitrogen and oxygen atoms in total. The molecule has 0 spiro atoms. The maximum atomic E-state index is 13.2. The Morgan fingerprint density at radius 3 is 2.53 bits per heavy atom. The van der Waals surface area contributed by atoms with Gasteiger partial charge in [0.05, 0.1) is 5.69 Å². The van der Waals surface area contributed by atoms with E-state index < -0.39 is 17.5 Å². The molecule has 78 valence electrons. The molecule has 0 aliphatic heterocycles.